The summed E-state index contributed by atoms with van der Waals surface area (Å²) in [4.78, 5) is 23.9. The van der Waals surface area contributed by atoms with Crippen molar-refractivity contribution in [3.63, 3.8) is 0 Å². The Kier molecular flexibility index (Phi) is 6.58. The zero-order valence-corrected chi connectivity index (χ0v) is 17.1. The van der Waals surface area contributed by atoms with Crippen LogP contribution in [-0.4, -0.2) is 19.0 Å². The summed E-state index contributed by atoms with van der Waals surface area (Å²) in [5, 5.41) is 12.9. The van der Waals surface area contributed by atoms with Gasteiger partial charge in [-0.25, -0.2) is 4.79 Å². The van der Waals surface area contributed by atoms with Crippen molar-refractivity contribution in [2.45, 2.75) is 0 Å². The summed E-state index contributed by atoms with van der Waals surface area (Å²) in [6, 6.07) is 16.2. The Labute approximate surface area is 182 Å². The van der Waals surface area contributed by atoms with Crippen molar-refractivity contribution in [3.8, 4) is 17.4 Å². The van der Waals surface area contributed by atoms with Crippen LogP contribution in [0.15, 0.2) is 64.6 Å². The first-order valence-corrected chi connectivity index (χ1v) is 9.33. The molecule has 1 aromatic heterocycles. The maximum absolute atomic E-state index is 12.4. The topological polar surface area (TPSA) is 92.3 Å². The zero-order chi connectivity index (χ0) is 21.7. The van der Waals surface area contributed by atoms with E-state index in [1.54, 1.807) is 30.3 Å². The molecule has 1 N–H and O–H groups in total. The van der Waals surface area contributed by atoms with E-state index in [0.29, 0.717) is 38.4 Å². The summed E-state index contributed by atoms with van der Waals surface area (Å²) in [5.41, 5.74) is 1.19. The summed E-state index contributed by atoms with van der Waals surface area (Å²) in [6.45, 7) is 0. The number of hydrogen-bond donors (Lipinski definition) is 1. The fourth-order valence-electron chi connectivity index (χ4n) is 2.56. The molecule has 3 aromatic rings. The molecule has 0 fully saturated rings. The van der Waals surface area contributed by atoms with E-state index in [0.717, 1.165) is 0 Å². The van der Waals surface area contributed by atoms with Crippen LogP contribution in [0, 0.1) is 11.3 Å². The van der Waals surface area contributed by atoms with Crippen molar-refractivity contribution in [1.29, 1.82) is 5.26 Å². The maximum atomic E-state index is 12.4. The van der Waals surface area contributed by atoms with Crippen LogP contribution in [0.4, 0.5) is 5.69 Å². The number of methoxy groups -OCH3 is 1. The second-order valence-electron chi connectivity index (χ2n) is 6.02. The van der Waals surface area contributed by atoms with Gasteiger partial charge < -0.3 is 14.5 Å². The van der Waals surface area contributed by atoms with Crippen molar-refractivity contribution >= 4 is 46.8 Å². The summed E-state index contributed by atoms with van der Waals surface area (Å²) >= 11 is 12.2. The highest BCUT2D eigenvalue weighted by Gasteiger charge is 2.13. The van der Waals surface area contributed by atoms with E-state index in [9.17, 15) is 14.9 Å². The zero-order valence-electron chi connectivity index (χ0n) is 15.6. The molecule has 0 spiro atoms. The minimum atomic E-state index is -0.623. The lowest BCUT2D eigenvalue weighted by molar-refractivity contribution is -0.112. The Morgan fingerprint density at radius 1 is 1.10 bits per heavy atom. The number of benzene rings is 2. The molecular weight excluding hydrogens is 427 g/mol. The molecule has 0 bridgehead atoms. The number of hydrogen-bond acceptors (Lipinski definition) is 5. The summed E-state index contributed by atoms with van der Waals surface area (Å²) in [6.07, 6.45) is 1.32. The lowest BCUT2D eigenvalue weighted by Crippen LogP contribution is -2.13. The molecule has 0 atom stereocenters. The quantitative estimate of drug-likeness (QED) is 0.317. The number of furan rings is 1. The third-order valence-electron chi connectivity index (χ3n) is 4.04. The first kappa shape index (κ1) is 21.2. The maximum Gasteiger partial charge on any atom is 0.337 e. The number of anilines is 1. The summed E-state index contributed by atoms with van der Waals surface area (Å²) in [5.74, 6) is -0.361. The van der Waals surface area contributed by atoms with Gasteiger partial charge in [-0.2, -0.15) is 5.26 Å². The van der Waals surface area contributed by atoms with Crippen molar-refractivity contribution in [2.24, 2.45) is 0 Å². The minimum Gasteiger partial charge on any atom is -0.465 e. The molecule has 0 saturated carbocycles. The van der Waals surface area contributed by atoms with Gasteiger partial charge in [0.1, 0.15) is 23.2 Å². The summed E-state index contributed by atoms with van der Waals surface area (Å²) < 4.78 is 10.3. The van der Waals surface area contributed by atoms with E-state index in [4.69, 9.17) is 27.6 Å². The van der Waals surface area contributed by atoms with E-state index < -0.39 is 11.9 Å². The molecule has 0 unspecified atom stereocenters. The average Bonchev–Trinajstić information content (AvgIpc) is 3.22. The SMILES string of the molecule is COC(=O)c1ccc(NC(=O)/C(C#N)=C/c2ccc(-c3cc(Cl)ccc3Cl)o2)cc1. The number of ether oxygens (including phenoxy) is 1. The summed E-state index contributed by atoms with van der Waals surface area (Å²) in [7, 11) is 1.28. The van der Waals surface area contributed by atoms with Gasteiger partial charge in [-0.05, 0) is 54.6 Å². The number of halogens is 2. The predicted molar refractivity (Wildman–Crippen MR) is 114 cm³/mol. The van der Waals surface area contributed by atoms with Gasteiger partial charge >= 0.3 is 5.97 Å². The highest BCUT2D eigenvalue weighted by molar-refractivity contribution is 6.35. The van der Waals surface area contributed by atoms with Crippen molar-refractivity contribution < 1.29 is 18.7 Å². The van der Waals surface area contributed by atoms with Crippen molar-refractivity contribution in [2.75, 3.05) is 12.4 Å². The van der Waals surface area contributed by atoms with E-state index in [2.05, 4.69) is 10.1 Å². The van der Waals surface area contributed by atoms with Crippen LogP contribution in [0.25, 0.3) is 17.4 Å². The first-order valence-electron chi connectivity index (χ1n) is 8.58. The molecule has 1 amide bonds. The molecule has 0 radical (unpaired) electrons. The number of nitriles is 1. The first-order chi connectivity index (χ1) is 14.4. The molecule has 0 aliphatic heterocycles. The van der Waals surface area contributed by atoms with E-state index in [-0.39, 0.29) is 5.57 Å². The fraction of sp³-hybridized carbons (Fsp3) is 0.0455. The molecule has 0 saturated heterocycles. The molecule has 3 rings (SSSR count). The van der Waals surface area contributed by atoms with Crippen LogP contribution in [0.3, 0.4) is 0 Å². The van der Waals surface area contributed by atoms with Crippen LogP contribution in [0.5, 0.6) is 0 Å². The van der Waals surface area contributed by atoms with Crippen LogP contribution in [0.2, 0.25) is 10.0 Å². The Morgan fingerprint density at radius 3 is 2.50 bits per heavy atom. The largest absolute Gasteiger partial charge is 0.465 e. The van der Waals surface area contributed by atoms with E-state index >= 15 is 0 Å². The monoisotopic (exact) mass is 440 g/mol. The third kappa shape index (κ3) is 4.90. The second kappa shape index (κ2) is 9.31. The predicted octanol–water partition coefficient (Wildman–Crippen LogP) is 5.59. The van der Waals surface area contributed by atoms with Gasteiger partial charge in [0.25, 0.3) is 5.91 Å². The number of amides is 1. The lowest BCUT2D eigenvalue weighted by Gasteiger charge is -2.05. The van der Waals surface area contributed by atoms with Gasteiger partial charge in [0.2, 0.25) is 0 Å². The van der Waals surface area contributed by atoms with Gasteiger partial charge in [0, 0.05) is 22.3 Å². The molecule has 6 nitrogen and oxygen atoms in total. The Hall–Kier alpha value is -3.53. The number of nitrogens with zero attached hydrogens (tertiary/aromatic N) is 1. The number of esters is 1. The van der Waals surface area contributed by atoms with Crippen LogP contribution in [0.1, 0.15) is 16.1 Å². The van der Waals surface area contributed by atoms with Crippen LogP contribution in [-0.2, 0) is 9.53 Å². The highest BCUT2D eigenvalue weighted by atomic mass is 35.5. The Bertz CT molecular complexity index is 1170. The molecule has 8 heteroatoms. The number of nitrogens with one attached hydrogen (secondary N) is 1. The molecule has 150 valence electrons. The van der Waals surface area contributed by atoms with E-state index in [1.165, 1.54) is 37.5 Å². The number of carbonyl (C=O) groups is 2. The Balaban J connectivity index is 1.78. The van der Waals surface area contributed by atoms with Crippen LogP contribution >= 0.6 is 23.2 Å². The standard InChI is InChI=1S/C22H14Cl2N2O4/c1-29-22(28)13-2-5-16(6-3-13)26-21(27)14(12-25)10-17-7-9-20(30-17)18-11-15(23)4-8-19(18)24/h2-11H,1H3,(H,26,27)/b14-10+. The van der Waals surface area contributed by atoms with Gasteiger partial charge in [0.05, 0.1) is 17.7 Å². The average molecular weight is 441 g/mol. The second-order valence-corrected chi connectivity index (χ2v) is 6.86. The normalized spacial score (nSPS) is 10.9. The van der Waals surface area contributed by atoms with Gasteiger partial charge in [-0.1, -0.05) is 23.2 Å². The number of carbonyl (C=O) groups excluding carboxylic acids is 2. The Morgan fingerprint density at radius 2 is 1.83 bits per heavy atom. The molecule has 1 heterocycles. The molecule has 0 aliphatic rings. The molecule has 0 aliphatic carbocycles. The van der Waals surface area contributed by atoms with Crippen molar-refractivity contribution in [3.05, 3.63) is 81.5 Å². The molecule has 30 heavy (non-hydrogen) atoms. The van der Waals surface area contributed by atoms with Crippen LogP contribution < -0.4 is 5.32 Å². The third-order valence-corrected chi connectivity index (χ3v) is 4.60. The van der Waals surface area contributed by atoms with E-state index in [1.807, 2.05) is 6.07 Å². The van der Waals surface area contributed by atoms with Gasteiger partial charge in [0.15, 0.2) is 0 Å². The number of rotatable bonds is 5. The van der Waals surface area contributed by atoms with Gasteiger partial charge in [-0.3, -0.25) is 4.79 Å². The highest BCUT2D eigenvalue weighted by Crippen LogP contribution is 2.32. The van der Waals surface area contributed by atoms with Gasteiger partial charge in [-0.15, -0.1) is 0 Å². The lowest BCUT2D eigenvalue weighted by atomic mass is 10.2. The molecule has 2 aromatic carbocycles. The van der Waals surface area contributed by atoms with Crippen molar-refractivity contribution in [1.82, 2.24) is 0 Å². The smallest absolute Gasteiger partial charge is 0.337 e. The minimum absolute atomic E-state index is 0.162. The fourth-order valence-corrected chi connectivity index (χ4v) is 2.94. The molecular formula is C22H14Cl2N2O4.